The summed E-state index contributed by atoms with van der Waals surface area (Å²) in [5.41, 5.74) is 3.34. The van der Waals surface area contributed by atoms with Crippen molar-refractivity contribution in [3.05, 3.63) is 46.5 Å². The summed E-state index contributed by atoms with van der Waals surface area (Å²) in [5, 5.41) is 6.65. The Hall–Kier alpha value is -1.78. The first kappa shape index (κ1) is 19.5. The number of thioether (sulfide) groups is 1. The number of primary sulfonamides is 1. The van der Waals surface area contributed by atoms with Crippen LogP contribution in [0.15, 0.2) is 40.4 Å². The van der Waals surface area contributed by atoms with Gasteiger partial charge in [-0.05, 0) is 37.3 Å². The number of halogens is 1. The highest BCUT2D eigenvalue weighted by Gasteiger charge is 2.19. The molecule has 28 heavy (non-hydrogen) atoms. The zero-order valence-electron chi connectivity index (χ0n) is 15.0. The quantitative estimate of drug-likeness (QED) is 0.611. The molecule has 0 amide bonds. The van der Waals surface area contributed by atoms with Gasteiger partial charge >= 0.3 is 0 Å². The van der Waals surface area contributed by atoms with Gasteiger partial charge in [0.2, 0.25) is 10.0 Å². The second-order valence-electron chi connectivity index (χ2n) is 6.29. The smallest absolute Gasteiger partial charge is 0.238 e. The van der Waals surface area contributed by atoms with Crippen LogP contribution in [0.2, 0.25) is 5.02 Å². The molecule has 0 aliphatic carbocycles. The minimum Gasteiger partial charge on any atom is -0.467 e. The Morgan fingerprint density at radius 1 is 1.32 bits per heavy atom. The van der Waals surface area contributed by atoms with Crippen molar-refractivity contribution in [3.8, 4) is 5.75 Å². The Labute approximate surface area is 171 Å². The summed E-state index contributed by atoms with van der Waals surface area (Å²) in [6.45, 7) is 3.40. The number of aryl methyl sites for hydroxylation is 1. The van der Waals surface area contributed by atoms with Crippen LogP contribution in [0.4, 0.5) is 0 Å². The van der Waals surface area contributed by atoms with Crippen LogP contribution in [0.5, 0.6) is 5.75 Å². The minimum absolute atomic E-state index is 0.0506. The van der Waals surface area contributed by atoms with E-state index in [0.717, 1.165) is 27.5 Å². The predicted octanol–water partition coefficient (Wildman–Crippen LogP) is 3.52. The summed E-state index contributed by atoms with van der Waals surface area (Å²) in [5.74, 6) is 1.41. The summed E-state index contributed by atoms with van der Waals surface area (Å²) in [6.07, 6.45) is 0. The van der Waals surface area contributed by atoms with Gasteiger partial charge in [-0.15, -0.1) is 0 Å². The molecule has 10 heteroatoms. The number of imidazole rings is 1. The number of hydrogen-bond acceptors (Lipinski definition) is 6. The maximum Gasteiger partial charge on any atom is 0.238 e. The highest BCUT2D eigenvalue weighted by atomic mass is 35.5. The fourth-order valence-electron chi connectivity index (χ4n) is 3.19. The van der Waals surface area contributed by atoms with Crippen LogP contribution in [-0.4, -0.2) is 24.8 Å². The molecule has 2 heterocycles. The number of benzene rings is 2. The minimum atomic E-state index is -3.77. The van der Waals surface area contributed by atoms with Crippen LogP contribution < -0.4 is 9.88 Å². The van der Waals surface area contributed by atoms with E-state index in [1.54, 1.807) is 6.07 Å². The molecule has 0 bridgehead atoms. The summed E-state index contributed by atoms with van der Waals surface area (Å²) < 4.78 is 36.3. The van der Waals surface area contributed by atoms with Crippen molar-refractivity contribution in [1.82, 2.24) is 9.55 Å². The third kappa shape index (κ3) is 3.72. The molecule has 0 spiro atoms. The number of hydrogen-bond donors (Lipinski definition) is 1. The molecule has 1 aliphatic heterocycles. The molecule has 0 saturated heterocycles. The molecule has 2 N–H and O–H groups in total. The number of nitrogens with zero attached hydrogens (tertiary/aromatic N) is 2. The maximum absolute atomic E-state index is 11.6. The molecule has 148 valence electrons. The topological polar surface area (TPSA) is 96.4 Å². The van der Waals surface area contributed by atoms with E-state index in [1.165, 1.54) is 23.9 Å². The second kappa shape index (κ2) is 7.57. The van der Waals surface area contributed by atoms with Crippen LogP contribution >= 0.6 is 23.4 Å². The monoisotopic (exact) mass is 439 g/mol. The number of rotatable bonds is 5. The molecule has 0 fully saturated rings. The lowest BCUT2D eigenvalue weighted by atomic mass is 10.1. The van der Waals surface area contributed by atoms with E-state index < -0.39 is 10.0 Å². The van der Waals surface area contributed by atoms with Gasteiger partial charge in [-0.1, -0.05) is 23.4 Å². The van der Waals surface area contributed by atoms with Gasteiger partial charge in [-0.2, -0.15) is 0 Å². The zero-order valence-corrected chi connectivity index (χ0v) is 17.4. The number of aromatic nitrogens is 2. The Balaban J connectivity index is 1.68. The molecule has 4 rings (SSSR count). The molecule has 1 aliphatic rings. The van der Waals surface area contributed by atoms with E-state index in [1.807, 2.05) is 23.6 Å². The maximum atomic E-state index is 11.6. The first-order valence-electron chi connectivity index (χ1n) is 8.54. The van der Waals surface area contributed by atoms with Gasteiger partial charge in [0.05, 0.1) is 22.5 Å². The highest BCUT2D eigenvalue weighted by Crippen LogP contribution is 2.36. The van der Waals surface area contributed by atoms with E-state index in [9.17, 15) is 8.42 Å². The average molecular weight is 440 g/mol. The largest absolute Gasteiger partial charge is 0.467 e. The zero-order chi connectivity index (χ0) is 19.9. The van der Waals surface area contributed by atoms with Crippen molar-refractivity contribution in [2.24, 2.45) is 5.14 Å². The molecule has 3 aromatic rings. The normalized spacial score (nSPS) is 14.1. The Morgan fingerprint density at radius 3 is 2.89 bits per heavy atom. The van der Waals surface area contributed by atoms with Gasteiger partial charge in [0.1, 0.15) is 5.75 Å². The van der Waals surface area contributed by atoms with Crippen molar-refractivity contribution in [2.75, 3.05) is 6.79 Å². The van der Waals surface area contributed by atoms with E-state index >= 15 is 0 Å². The van der Waals surface area contributed by atoms with Crippen LogP contribution in [0.25, 0.3) is 11.0 Å². The standard InChI is InChI=1S/C18H18ClN3O4S2/c1-2-22-16-4-3-14(28(20,23)24)7-15(16)21-18(22)27-9-12-6-13(19)5-11-8-25-10-26-17(11)12/h3-7H,2,8-10H2,1H3,(H2,20,23,24). The number of sulfonamides is 1. The second-order valence-corrected chi connectivity index (χ2v) is 9.23. The third-order valence-corrected chi connectivity index (χ3v) is 6.59. The van der Waals surface area contributed by atoms with Crippen molar-refractivity contribution in [3.63, 3.8) is 0 Å². The van der Waals surface area contributed by atoms with Crippen LogP contribution in [0.1, 0.15) is 18.1 Å². The molecule has 0 saturated carbocycles. The van der Waals surface area contributed by atoms with Crippen molar-refractivity contribution >= 4 is 44.4 Å². The summed E-state index contributed by atoms with van der Waals surface area (Å²) in [6, 6.07) is 8.47. The molecule has 0 radical (unpaired) electrons. The molecule has 1 aromatic heterocycles. The lowest BCUT2D eigenvalue weighted by molar-refractivity contribution is -0.0168. The Bertz CT molecular complexity index is 1160. The Kier molecular flexibility index (Phi) is 5.28. The fraction of sp³-hybridized carbons (Fsp3) is 0.278. The van der Waals surface area contributed by atoms with Gasteiger partial charge in [-0.3, -0.25) is 0 Å². The Morgan fingerprint density at radius 2 is 2.14 bits per heavy atom. The molecule has 0 unspecified atom stereocenters. The average Bonchev–Trinajstić information content (AvgIpc) is 3.01. The summed E-state index contributed by atoms with van der Waals surface area (Å²) >= 11 is 7.77. The third-order valence-electron chi connectivity index (χ3n) is 4.44. The molecular formula is C18H18ClN3O4S2. The van der Waals surface area contributed by atoms with E-state index in [4.69, 9.17) is 26.2 Å². The van der Waals surface area contributed by atoms with Gasteiger partial charge < -0.3 is 14.0 Å². The molecule has 2 aromatic carbocycles. The van der Waals surface area contributed by atoms with Crippen LogP contribution in [0.3, 0.4) is 0 Å². The van der Waals surface area contributed by atoms with E-state index in [2.05, 4.69) is 4.98 Å². The number of nitrogens with two attached hydrogens (primary N) is 1. The summed E-state index contributed by atoms with van der Waals surface area (Å²) in [7, 11) is -3.77. The van der Waals surface area contributed by atoms with E-state index in [0.29, 0.717) is 29.4 Å². The number of fused-ring (bicyclic) bond motifs is 2. The lowest BCUT2D eigenvalue weighted by Gasteiger charge is -2.21. The molecule has 0 atom stereocenters. The van der Waals surface area contributed by atoms with Crippen LogP contribution in [-0.2, 0) is 33.7 Å². The van der Waals surface area contributed by atoms with Gasteiger partial charge in [0, 0.05) is 28.4 Å². The van der Waals surface area contributed by atoms with Crippen molar-refractivity contribution < 1.29 is 17.9 Å². The van der Waals surface area contributed by atoms with Gasteiger partial charge in [0.15, 0.2) is 11.9 Å². The SMILES string of the molecule is CCn1c(SCc2cc(Cl)cc3c2OCOC3)nc2cc(S(N)(=O)=O)ccc21. The fourth-order valence-corrected chi connectivity index (χ4v) is 5.03. The molecule has 7 nitrogen and oxygen atoms in total. The molecular weight excluding hydrogens is 422 g/mol. The van der Waals surface area contributed by atoms with E-state index in [-0.39, 0.29) is 11.7 Å². The van der Waals surface area contributed by atoms with Gasteiger partial charge in [-0.25, -0.2) is 18.5 Å². The predicted molar refractivity (Wildman–Crippen MR) is 108 cm³/mol. The highest BCUT2D eigenvalue weighted by molar-refractivity contribution is 7.98. The van der Waals surface area contributed by atoms with Gasteiger partial charge in [0.25, 0.3) is 0 Å². The van der Waals surface area contributed by atoms with Crippen molar-refractivity contribution in [1.29, 1.82) is 0 Å². The first-order valence-corrected chi connectivity index (χ1v) is 11.5. The summed E-state index contributed by atoms with van der Waals surface area (Å²) in [4.78, 5) is 4.67. The van der Waals surface area contributed by atoms with Crippen molar-refractivity contribution in [2.45, 2.75) is 35.9 Å². The lowest BCUT2D eigenvalue weighted by Crippen LogP contribution is -2.13. The number of ether oxygens (including phenoxy) is 2. The van der Waals surface area contributed by atoms with Crippen LogP contribution in [0, 0.1) is 0 Å². The first-order chi connectivity index (χ1) is 13.4.